The minimum absolute atomic E-state index is 0.216. The van der Waals surface area contributed by atoms with Crippen molar-refractivity contribution in [2.75, 3.05) is 6.54 Å². The SMILES string of the molecule is CC(NCCC(O)C(C)C)c1ccc(Cl)s1. The van der Waals surface area contributed by atoms with Crippen molar-refractivity contribution in [3.8, 4) is 0 Å². The lowest BCUT2D eigenvalue weighted by atomic mass is 10.0. The van der Waals surface area contributed by atoms with Gasteiger partial charge in [0.05, 0.1) is 10.4 Å². The molecule has 1 rings (SSSR count). The summed E-state index contributed by atoms with van der Waals surface area (Å²) in [5, 5.41) is 13.0. The minimum atomic E-state index is -0.216. The smallest absolute Gasteiger partial charge is 0.0931 e. The second kappa shape index (κ2) is 6.60. The summed E-state index contributed by atoms with van der Waals surface area (Å²) < 4.78 is 0.825. The molecule has 1 heterocycles. The first-order valence-corrected chi connectivity index (χ1v) is 6.87. The topological polar surface area (TPSA) is 32.3 Å². The molecule has 16 heavy (non-hydrogen) atoms. The van der Waals surface area contributed by atoms with Crippen LogP contribution in [0, 0.1) is 5.92 Å². The Bertz CT molecular complexity index is 314. The summed E-state index contributed by atoms with van der Waals surface area (Å²) in [7, 11) is 0. The van der Waals surface area contributed by atoms with Gasteiger partial charge in [0.1, 0.15) is 0 Å². The Balaban J connectivity index is 2.28. The van der Waals surface area contributed by atoms with E-state index < -0.39 is 0 Å². The highest BCUT2D eigenvalue weighted by Gasteiger charge is 2.11. The van der Waals surface area contributed by atoms with Crippen LogP contribution < -0.4 is 5.32 Å². The van der Waals surface area contributed by atoms with E-state index in [0.29, 0.717) is 12.0 Å². The van der Waals surface area contributed by atoms with Gasteiger partial charge in [-0.2, -0.15) is 0 Å². The summed E-state index contributed by atoms with van der Waals surface area (Å²) in [5.41, 5.74) is 0. The molecule has 92 valence electrons. The van der Waals surface area contributed by atoms with Crippen molar-refractivity contribution in [2.45, 2.75) is 39.3 Å². The summed E-state index contributed by atoms with van der Waals surface area (Å²) >= 11 is 7.48. The predicted molar refractivity (Wildman–Crippen MR) is 71.2 cm³/mol. The molecular weight excluding hydrogens is 242 g/mol. The third-order valence-electron chi connectivity index (χ3n) is 2.68. The number of thiophene rings is 1. The first kappa shape index (κ1) is 14.0. The maximum Gasteiger partial charge on any atom is 0.0931 e. The van der Waals surface area contributed by atoms with Crippen LogP contribution in [-0.4, -0.2) is 17.8 Å². The van der Waals surface area contributed by atoms with E-state index in [4.69, 9.17) is 11.6 Å². The van der Waals surface area contributed by atoms with E-state index in [1.165, 1.54) is 4.88 Å². The molecule has 4 heteroatoms. The average Bonchev–Trinajstić information content (AvgIpc) is 2.64. The highest BCUT2D eigenvalue weighted by atomic mass is 35.5. The summed E-state index contributed by atoms with van der Waals surface area (Å²) in [6.45, 7) is 7.01. The van der Waals surface area contributed by atoms with Gasteiger partial charge in [-0.1, -0.05) is 25.4 Å². The van der Waals surface area contributed by atoms with Crippen LogP contribution in [0.5, 0.6) is 0 Å². The summed E-state index contributed by atoms with van der Waals surface area (Å²) in [4.78, 5) is 1.24. The fourth-order valence-corrected chi connectivity index (χ4v) is 2.53. The molecule has 2 N–H and O–H groups in total. The number of halogens is 1. The molecule has 0 aliphatic heterocycles. The highest BCUT2D eigenvalue weighted by Crippen LogP contribution is 2.26. The Morgan fingerprint density at radius 1 is 1.38 bits per heavy atom. The van der Waals surface area contributed by atoms with Crippen LogP contribution in [0.4, 0.5) is 0 Å². The predicted octanol–water partition coefficient (Wildman–Crippen LogP) is 3.46. The average molecular weight is 262 g/mol. The van der Waals surface area contributed by atoms with Gasteiger partial charge >= 0.3 is 0 Å². The van der Waals surface area contributed by atoms with Crippen LogP contribution in [-0.2, 0) is 0 Å². The van der Waals surface area contributed by atoms with Crippen LogP contribution in [0.15, 0.2) is 12.1 Å². The lowest BCUT2D eigenvalue weighted by molar-refractivity contribution is 0.115. The number of nitrogens with one attached hydrogen (secondary N) is 1. The fourth-order valence-electron chi connectivity index (χ4n) is 1.44. The quantitative estimate of drug-likeness (QED) is 0.822. The second-order valence-corrected chi connectivity index (χ2v) is 6.16. The van der Waals surface area contributed by atoms with Crippen LogP contribution in [0.1, 0.15) is 38.1 Å². The molecule has 0 saturated carbocycles. The van der Waals surface area contributed by atoms with Gasteiger partial charge < -0.3 is 10.4 Å². The molecule has 2 unspecified atom stereocenters. The van der Waals surface area contributed by atoms with E-state index in [2.05, 4.69) is 12.2 Å². The van der Waals surface area contributed by atoms with Gasteiger partial charge in [-0.15, -0.1) is 11.3 Å². The van der Waals surface area contributed by atoms with Crippen LogP contribution in [0.3, 0.4) is 0 Å². The third kappa shape index (κ3) is 4.42. The Hall–Kier alpha value is -0.0900. The number of hydrogen-bond acceptors (Lipinski definition) is 3. The van der Waals surface area contributed by atoms with Crippen molar-refractivity contribution < 1.29 is 5.11 Å². The molecule has 0 radical (unpaired) electrons. The van der Waals surface area contributed by atoms with Crippen molar-refractivity contribution in [3.05, 3.63) is 21.3 Å². The van der Waals surface area contributed by atoms with Crippen molar-refractivity contribution >= 4 is 22.9 Å². The largest absolute Gasteiger partial charge is 0.393 e. The molecule has 1 aromatic rings. The number of rotatable bonds is 6. The number of hydrogen-bond donors (Lipinski definition) is 2. The monoisotopic (exact) mass is 261 g/mol. The molecule has 0 bridgehead atoms. The maximum atomic E-state index is 9.66. The molecule has 0 amide bonds. The summed E-state index contributed by atoms with van der Waals surface area (Å²) in [6.07, 6.45) is 0.577. The van der Waals surface area contributed by atoms with Crippen LogP contribution in [0.2, 0.25) is 4.34 Å². The Morgan fingerprint density at radius 3 is 2.56 bits per heavy atom. The minimum Gasteiger partial charge on any atom is -0.393 e. The van der Waals surface area contributed by atoms with Crippen molar-refractivity contribution in [3.63, 3.8) is 0 Å². The molecular formula is C12H20ClNOS. The fraction of sp³-hybridized carbons (Fsp3) is 0.667. The van der Waals surface area contributed by atoms with Gasteiger partial charge in [0.15, 0.2) is 0 Å². The maximum absolute atomic E-state index is 9.66. The molecule has 1 aromatic heterocycles. The molecule has 2 nitrogen and oxygen atoms in total. The first-order chi connectivity index (χ1) is 7.50. The van der Waals surface area contributed by atoms with Crippen LogP contribution in [0.25, 0.3) is 0 Å². The Labute approximate surface area is 107 Å². The molecule has 0 fully saturated rings. The van der Waals surface area contributed by atoms with Gasteiger partial charge in [-0.25, -0.2) is 0 Å². The molecule has 2 atom stereocenters. The lowest BCUT2D eigenvalue weighted by Crippen LogP contribution is -2.25. The first-order valence-electron chi connectivity index (χ1n) is 5.67. The number of aliphatic hydroxyl groups excluding tert-OH is 1. The van der Waals surface area contributed by atoms with E-state index >= 15 is 0 Å². The van der Waals surface area contributed by atoms with Crippen molar-refractivity contribution in [1.29, 1.82) is 0 Å². The molecule has 0 spiro atoms. The normalized spacial score (nSPS) is 15.4. The van der Waals surface area contributed by atoms with Crippen LogP contribution >= 0.6 is 22.9 Å². The zero-order chi connectivity index (χ0) is 12.1. The lowest BCUT2D eigenvalue weighted by Gasteiger charge is -2.17. The zero-order valence-corrected chi connectivity index (χ0v) is 11.6. The van der Waals surface area contributed by atoms with E-state index in [9.17, 15) is 5.11 Å². The summed E-state index contributed by atoms with van der Waals surface area (Å²) in [6, 6.07) is 4.27. The van der Waals surface area contributed by atoms with E-state index in [0.717, 1.165) is 17.3 Å². The molecule has 0 aliphatic rings. The van der Waals surface area contributed by atoms with E-state index in [1.54, 1.807) is 11.3 Å². The third-order valence-corrected chi connectivity index (χ3v) is 4.09. The van der Waals surface area contributed by atoms with Gasteiger partial charge in [0, 0.05) is 10.9 Å². The van der Waals surface area contributed by atoms with Crippen molar-refractivity contribution in [1.82, 2.24) is 5.32 Å². The molecule has 0 aliphatic carbocycles. The zero-order valence-electron chi connectivity index (χ0n) is 10.0. The van der Waals surface area contributed by atoms with Gasteiger partial charge in [-0.05, 0) is 37.9 Å². The second-order valence-electron chi connectivity index (χ2n) is 4.42. The van der Waals surface area contributed by atoms with Gasteiger partial charge in [0.2, 0.25) is 0 Å². The Morgan fingerprint density at radius 2 is 2.06 bits per heavy atom. The van der Waals surface area contributed by atoms with E-state index in [-0.39, 0.29) is 6.10 Å². The Kier molecular flexibility index (Phi) is 5.76. The van der Waals surface area contributed by atoms with Gasteiger partial charge in [-0.3, -0.25) is 0 Å². The summed E-state index contributed by atoms with van der Waals surface area (Å²) in [5.74, 6) is 0.327. The highest BCUT2D eigenvalue weighted by molar-refractivity contribution is 7.16. The molecule has 0 saturated heterocycles. The van der Waals surface area contributed by atoms with E-state index in [1.807, 2.05) is 26.0 Å². The standard InChI is InChI=1S/C12H20ClNOS/c1-8(2)10(15)6-7-14-9(3)11-4-5-12(13)16-11/h4-5,8-10,14-15H,6-7H2,1-3H3. The number of aliphatic hydroxyl groups is 1. The van der Waals surface area contributed by atoms with Crippen molar-refractivity contribution in [2.24, 2.45) is 5.92 Å². The molecule has 0 aromatic carbocycles. The van der Waals surface area contributed by atoms with Gasteiger partial charge in [0.25, 0.3) is 0 Å².